The van der Waals surface area contributed by atoms with Crippen molar-refractivity contribution in [2.24, 2.45) is 0 Å². The molecule has 21 heavy (non-hydrogen) atoms. The van der Waals surface area contributed by atoms with Gasteiger partial charge in [-0.1, -0.05) is 26.8 Å². The van der Waals surface area contributed by atoms with Crippen LogP contribution in [0, 0.1) is 0 Å². The van der Waals surface area contributed by atoms with Crippen LogP contribution in [0.4, 0.5) is 0 Å². The summed E-state index contributed by atoms with van der Waals surface area (Å²) in [5, 5.41) is 3.38. The quantitative estimate of drug-likeness (QED) is 0.794. The van der Waals surface area contributed by atoms with E-state index >= 15 is 0 Å². The van der Waals surface area contributed by atoms with Crippen LogP contribution in [0.2, 0.25) is 0 Å². The van der Waals surface area contributed by atoms with Crippen LogP contribution >= 0.6 is 0 Å². The van der Waals surface area contributed by atoms with E-state index in [1.807, 2.05) is 18.2 Å². The molecule has 112 valence electrons. The Hall–Kier alpha value is -1.81. The zero-order valence-electron chi connectivity index (χ0n) is 13.2. The Kier molecular flexibility index (Phi) is 5.81. The number of nitrogens with zero attached hydrogens (tertiary/aromatic N) is 3. The number of hydrogen-bond donors (Lipinski definition) is 1. The van der Waals surface area contributed by atoms with Gasteiger partial charge in [-0.25, -0.2) is 9.97 Å². The van der Waals surface area contributed by atoms with E-state index in [0.29, 0.717) is 0 Å². The first-order chi connectivity index (χ1) is 10.3. The van der Waals surface area contributed by atoms with E-state index in [4.69, 9.17) is 9.97 Å². The molecule has 0 aliphatic carbocycles. The molecule has 2 heterocycles. The molecule has 0 bridgehead atoms. The number of rotatable bonds is 7. The lowest BCUT2D eigenvalue weighted by Crippen LogP contribution is -2.19. The summed E-state index contributed by atoms with van der Waals surface area (Å²) in [6.07, 6.45) is 4.63. The van der Waals surface area contributed by atoms with Crippen molar-refractivity contribution in [2.45, 2.75) is 40.0 Å². The standard InChI is InChI=1S/C17H24N4/c1-4-14-13(10-12-18-6-3)15(5-2)21-17(20-14)16-9-7-8-11-19-16/h7-9,11,18H,4-6,10,12H2,1-3H3. The van der Waals surface area contributed by atoms with Gasteiger partial charge in [-0.15, -0.1) is 0 Å². The highest BCUT2D eigenvalue weighted by molar-refractivity contribution is 5.50. The first-order valence-electron chi connectivity index (χ1n) is 7.80. The second kappa shape index (κ2) is 7.84. The van der Waals surface area contributed by atoms with Crippen molar-refractivity contribution in [1.29, 1.82) is 0 Å². The molecule has 0 aliphatic rings. The maximum Gasteiger partial charge on any atom is 0.178 e. The van der Waals surface area contributed by atoms with Gasteiger partial charge in [-0.3, -0.25) is 4.98 Å². The molecule has 0 atom stereocenters. The number of nitrogens with one attached hydrogen (secondary N) is 1. The van der Waals surface area contributed by atoms with Crippen molar-refractivity contribution in [3.05, 3.63) is 41.3 Å². The molecule has 0 aliphatic heterocycles. The van der Waals surface area contributed by atoms with E-state index in [2.05, 4.69) is 31.1 Å². The average Bonchev–Trinajstić information content (AvgIpc) is 2.55. The van der Waals surface area contributed by atoms with Gasteiger partial charge >= 0.3 is 0 Å². The zero-order valence-corrected chi connectivity index (χ0v) is 13.2. The van der Waals surface area contributed by atoms with Crippen molar-refractivity contribution in [2.75, 3.05) is 13.1 Å². The molecule has 0 fully saturated rings. The van der Waals surface area contributed by atoms with Crippen LogP contribution in [-0.2, 0) is 19.3 Å². The highest BCUT2D eigenvalue weighted by atomic mass is 14.9. The normalized spacial score (nSPS) is 10.8. The summed E-state index contributed by atoms with van der Waals surface area (Å²) >= 11 is 0. The van der Waals surface area contributed by atoms with E-state index in [1.165, 1.54) is 5.56 Å². The second-order valence-corrected chi connectivity index (χ2v) is 4.94. The molecule has 0 radical (unpaired) electrons. The maximum absolute atomic E-state index is 4.75. The van der Waals surface area contributed by atoms with Gasteiger partial charge in [0.25, 0.3) is 0 Å². The van der Waals surface area contributed by atoms with Crippen LogP contribution in [0.1, 0.15) is 37.7 Å². The fourth-order valence-electron chi connectivity index (χ4n) is 2.46. The molecule has 0 saturated heterocycles. The summed E-state index contributed by atoms with van der Waals surface area (Å²) in [6.45, 7) is 8.40. The van der Waals surface area contributed by atoms with E-state index in [0.717, 1.165) is 55.3 Å². The monoisotopic (exact) mass is 284 g/mol. The van der Waals surface area contributed by atoms with Gasteiger partial charge in [-0.05, 0) is 50.0 Å². The lowest BCUT2D eigenvalue weighted by molar-refractivity contribution is 0.702. The van der Waals surface area contributed by atoms with Gasteiger partial charge in [0, 0.05) is 17.6 Å². The molecule has 2 rings (SSSR count). The van der Waals surface area contributed by atoms with Crippen molar-refractivity contribution in [3.8, 4) is 11.5 Å². The highest BCUT2D eigenvalue weighted by Gasteiger charge is 2.13. The maximum atomic E-state index is 4.75. The molecule has 0 amide bonds. The Balaban J connectivity index is 2.38. The molecular formula is C17H24N4. The lowest BCUT2D eigenvalue weighted by Gasteiger charge is -2.14. The predicted molar refractivity (Wildman–Crippen MR) is 86.3 cm³/mol. The Morgan fingerprint density at radius 3 is 2.24 bits per heavy atom. The van der Waals surface area contributed by atoms with Crippen LogP contribution in [0.15, 0.2) is 24.4 Å². The molecule has 2 aromatic heterocycles. The minimum Gasteiger partial charge on any atom is -0.317 e. The topological polar surface area (TPSA) is 50.7 Å². The third kappa shape index (κ3) is 3.85. The number of aromatic nitrogens is 3. The Labute approximate surface area is 127 Å². The molecule has 1 N–H and O–H groups in total. The minimum absolute atomic E-state index is 0.747. The molecule has 0 aromatic carbocycles. The van der Waals surface area contributed by atoms with Gasteiger partial charge in [0.15, 0.2) is 5.82 Å². The van der Waals surface area contributed by atoms with E-state index in [9.17, 15) is 0 Å². The van der Waals surface area contributed by atoms with Crippen LogP contribution in [0.25, 0.3) is 11.5 Å². The first-order valence-corrected chi connectivity index (χ1v) is 7.80. The van der Waals surface area contributed by atoms with E-state index in [-0.39, 0.29) is 0 Å². The Morgan fingerprint density at radius 1 is 1.00 bits per heavy atom. The van der Waals surface area contributed by atoms with Crippen molar-refractivity contribution >= 4 is 0 Å². The van der Waals surface area contributed by atoms with Crippen LogP contribution in [-0.4, -0.2) is 28.0 Å². The molecule has 4 nitrogen and oxygen atoms in total. The summed E-state index contributed by atoms with van der Waals surface area (Å²) in [5.74, 6) is 0.747. The van der Waals surface area contributed by atoms with Crippen molar-refractivity contribution < 1.29 is 0 Å². The summed E-state index contributed by atoms with van der Waals surface area (Å²) in [6, 6.07) is 5.85. The number of hydrogen-bond acceptors (Lipinski definition) is 4. The minimum atomic E-state index is 0.747. The summed E-state index contributed by atoms with van der Waals surface area (Å²) in [5.41, 5.74) is 4.46. The van der Waals surface area contributed by atoms with Gasteiger partial charge in [0.2, 0.25) is 0 Å². The summed E-state index contributed by atoms with van der Waals surface area (Å²) in [4.78, 5) is 13.9. The largest absolute Gasteiger partial charge is 0.317 e. The van der Waals surface area contributed by atoms with Crippen molar-refractivity contribution in [1.82, 2.24) is 20.3 Å². The van der Waals surface area contributed by atoms with Gasteiger partial charge in [0.1, 0.15) is 5.69 Å². The molecule has 0 saturated carbocycles. The number of likely N-dealkylation sites (N-methyl/N-ethyl adjacent to an activating group) is 1. The molecular weight excluding hydrogens is 260 g/mol. The fourth-order valence-corrected chi connectivity index (χ4v) is 2.46. The lowest BCUT2D eigenvalue weighted by atomic mass is 10.0. The van der Waals surface area contributed by atoms with E-state index < -0.39 is 0 Å². The zero-order chi connectivity index (χ0) is 15.1. The third-order valence-electron chi connectivity index (χ3n) is 3.54. The SMILES string of the molecule is CCNCCc1c(CC)nc(-c2ccccn2)nc1CC. The Morgan fingerprint density at radius 2 is 1.71 bits per heavy atom. The Bertz CT molecular complexity index is 541. The average molecular weight is 284 g/mol. The number of aryl methyl sites for hydroxylation is 2. The van der Waals surface area contributed by atoms with Crippen LogP contribution in [0.3, 0.4) is 0 Å². The summed E-state index contributed by atoms with van der Waals surface area (Å²) < 4.78 is 0. The predicted octanol–water partition coefficient (Wildman–Crippen LogP) is 2.82. The van der Waals surface area contributed by atoms with Gasteiger partial charge in [-0.2, -0.15) is 0 Å². The van der Waals surface area contributed by atoms with Gasteiger partial charge in [0.05, 0.1) is 0 Å². The van der Waals surface area contributed by atoms with E-state index in [1.54, 1.807) is 6.20 Å². The van der Waals surface area contributed by atoms with Crippen LogP contribution in [0.5, 0.6) is 0 Å². The molecule has 0 spiro atoms. The summed E-state index contributed by atoms with van der Waals surface area (Å²) in [7, 11) is 0. The smallest absolute Gasteiger partial charge is 0.178 e. The molecule has 0 unspecified atom stereocenters. The third-order valence-corrected chi connectivity index (χ3v) is 3.54. The molecule has 4 heteroatoms. The number of pyridine rings is 1. The fraction of sp³-hybridized carbons (Fsp3) is 0.471. The van der Waals surface area contributed by atoms with Crippen molar-refractivity contribution in [3.63, 3.8) is 0 Å². The highest BCUT2D eigenvalue weighted by Crippen LogP contribution is 2.19. The molecule has 2 aromatic rings. The van der Waals surface area contributed by atoms with Crippen LogP contribution < -0.4 is 5.32 Å². The first kappa shape index (κ1) is 15.6. The second-order valence-electron chi connectivity index (χ2n) is 4.94. The van der Waals surface area contributed by atoms with Gasteiger partial charge < -0.3 is 5.32 Å².